The minimum atomic E-state index is -3.89. The third-order valence-electron chi connectivity index (χ3n) is 7.15. The van der Waals surface area contributed by atoms with Crippen LogP contribution in [0.5, 0.6) is 5.75 Å². The number of rotatable bonds is 7. The van der Waals surface area contributed by atoms with Crippen molar-refractivity contribution < 1.29 is 22.7 Å². The molecule has 1 aromatic heterocycles. The number of carbonyl (C=O) groups excluding carboxylic acids is 1. The average molecular weight is 583 g/mol. The Kier molecular flexibility index (Phi) is 7.85. The number of hydrogen-bond donors (Lipinski definition) is 0. The maximum atomic E-state index is 13.7. The molecule has 0 fully saturated rings. The fourth-order valence-electron chi connectivity index (χ4n) is 5.07. The summed E-state index contributed by atoms with van der Waals surface area (Å²) in [6, 6.07) is 16.4. The monoisotopic (exact) mass is 582 g/mol. The van der Waals surface area contributed by atoms with Crippen LogP contribution in [0.15, 0.2) is 59.5 Å². The first-order valence-corrected chi connectivity index (χ1v) is 14.9. The lowest BCUT2D eigenvalue weighted by Gasteiger charge is -2.24. The van der Waals surface area contributed by atoms with E-state index in [1.54, 1.807) is 23.7 Å². The van der Waals surface area contributed by atoms with Gasteiger partial charge in [-0.15, -0.1) is 5.10 Å². The van der Waals surface area contributed by atoms with Crippen molar-refractivity contribution in [2.45, 2.75) is 50.7 Å². The van der Waals surface area contributed by atoms with Gasteiger partial charge in [0.25, 0.3) is 0 Å². The lowest BCUT2D eigenvalue weighted by atomic mass is 9.86. The number of halogens is 1. The zero-order chi connectivity index (χ0) is 28.6. The van der Waals surface area contributed by atoms with E-state index in [9.17, 15) is 13.2 Å². The summed E-state index contributed by atoms with van der Waals surface area (Å²) in [5.41, 5.74) is 5.13. The summed E-state index contributed by atoms with van der Waals surface area (Å²) in [4.78, 5) is 12.7. The van der Waals surface area contributed by atoms with E-state index in [1.807, 2.05) is 57.3 Å². The lowest BCUT2D eigenvalue weighted by Crippen LogP contribution is -2.35. The Hall–Kier alpha value is -3.47. The predicted molar refractivity (Wildman–Crippen MR) is 152 cm³/mol. The quantitative estimate of drug-likeness (QED) is 0.283. The molecule has 1 aliphatic heterocycles. The zero-order valence-corrected chi connectivity index (χ0v) is 24.4. The minimum Gasteiger partial charge on any atom is -0.488 e. The molecular formula is C29H31ClN4O5S. The molecule has 5 rings (SSSR count). The van der Waals surface area contributed by atoms with Crippen molar-refractivity contribution in [3.8, 4) is 5.75 Å². The van der Waals surface area contributed by atoms with Crippen LogP contribution in [-0.2, 0) is 33.1 Å². The third kappa shape index (κ3) is 5.56. The molecule has 0 radical (unpaired) electrons. The maximum Gasteiger partial charge on any atom is 0.306 e. The Labute approximate surface area is 238 Å². The Morgan fingerprint density at radius 1 is 1.15 bits per heavy atom. The Bertz CT molecular complexity index is 1690. The van der Waals surface area contributed by atoms with E-state index in [-0.39, 0.29) is 49.0 Å². The second-order valence-electron chi connectivity index (χ2n) is 10.0. The number of fused-ring (bicyclic) bond motifs is 2. The van der Waals surface area contributed by atoms with E-state index in [1.165, 1.54) is 10.4 Å². The van der Waals surface area contributed by atoms with Crippen LogP contribution in [-0.4, -0.2) is 52.9 Å². The Balaban J connectivity index is 1.53. The molecule has 0 saturated heterocycles. The van der Waals surface area contributed by atoms with Gasteiger partial charge >= 0.3 is 5.97 Å². The molecule has 210 valence electrons. The Morgan fingerprint density at radius 3 is 2.67 bits per heavy atom. The van der Waals surface area contributed by atoms with Gasteiger partial charge in [-0.25, -0.2) is 13.1 Å². The van der Waals surface area contributed by atoms with Gasteiger partial charge in [0, 0.05) is 24.5 Å². The highest BCUT2D eigenvalue weighted by atomic mass is 35.5. The first kappa shape index (κ1) is 28.1. The summed E-state index contributed by atoms with van der Waals surface area (Å²) in [5, 5.41) is 8.65. The molecular weight excluding hydrogens is 552 g/mol. The number of nitrogens with zero attached hydrogens (tertiary/aromatic N) is 4. The number of carbonyl (C=O) groups is 1. The summed E-state index contributed by atoms with van der Waals surface area (Å²) in [6.45, 7) is 6.16. The summed E-state index contributed by atoms with van der Waals surface area (Å²) in [7, 11) is -2.07. The van der Waals surface area contributed by atoms with Gasteiger partial charge in [0.05, 0.1) is 25.1 Å². The topological polar surface area (TPSA) is 104 Å². The van der Waals surface area contributed by atoms with E-state index < -0.39 is 10.0 Å². The van der Waals surface area contributed by atoms with E-state index in [0.717, 1.165) is 33.3 Å². The van der Waals surface area contributed by atoms with E-state index in [0.29, 0.717) is 10.8 Å². The molecule has 0 amide bonds. The van der Waals surface area contributed by atoms with Gasteiger partial charge in [0.1, 0.15) is 22.3 Å². The fraction of sp³-hybridized carbons (Fsp3) is 0.345. The molecule has 4 aromatic rings. The van der Waals surface area contributed by atoms with E-state index >= 15 is 0 Å². The fourth-order valence-corrected chi connectivity index (χ4v) is 6.94. The highest BCUT2D eigenvalue weighted by molar-refractivity contribution is 7.89. The molecule has 2 atom stereocenters. The molecule has 2 unspecified atom stereocenters. The highest BCUT2D eigenvalue weighted by Crippen LogP contribution is 2.36. The molecule has 0 aliphatic carbocycles. The van der Waals surface area contributed by atoms with E-state index in [4.69, 9.17) is 21.1 Å². The highest BCUT2D eigenvalue weighted by Gasteiger charge is 2.34. The van der Waals surface area contributed by atoms with Gasteiger partial charge in [-0.2, -0.15) is 4.31 Å². The molecule has 9 nitrogen and oxygen atoms in total. The molecule has 3 aromatic carbocycles. The summed E-state index contributed by atoms with van der Waals surface area (Å²) < 4.78 is 41.8. The summed E-state index contributed by atoms with van der Waals surface area (Å²) in [6.07, 6.45) is -0.239. The van der Waals surface area contributed by atoms with E-state index in [2.05, 4.69) is 10.3 Å². The second-order valence-corrected chi connectivity index (χ2v) is 12.4. The summed E-state index contributed by atoms with van der Waals surface area (Å²) in [5.74, 6) is -0.352. The molecule has 1 aliphatic rings. The minimum absolute atomic E-state index is 0.0515. The molecule has 11 heteroatoms. The lowest BCUT2D eigenvalue weighted by molar-refractivity contribution is -0.143. The first-order valence-electron chi connectivity index (χ1n) is 13.1. The number of aryl methyl sites for hydroxylation is 2. The average Bonchev–Trinajstić information content (AvgIpc) is 3.25. The van der Waals surface area contributed by atoms with Crippen LogP contribution in [0.2, 0.25) is 5.02 Å². The number of esters is 1. The van der Waals surface area contributed by atoms with Crippen molar-refractivity contribution in [3.05, 3.63) is 81.9 Å². The van der Waals surface area contributed by atoms with Crippen molar-refractivity contribution >= 4 is 38.6 Å². The van der Waals surface area contributed by atoms with Gasteiger partial charge < -0.3 is 9.47 Å². The van der Waals surface area contributed by atoms with Crippen LogP contribution in [0, 0.1) is 6.92 Å². The van der Waals surface area contributed by atoms with Crippen LogP contribution in [0.3, 0.4) is 0 Å². The predicted octanol–water partition coefficient (Wildman–Crippen LogP) is 4.99. The third-order valence-corrected chi connectivity index (χ3v) is 9.22. The van der Waals surface area contributed by atoms with Gasteiger partial charge in [0.15, 0.2) is 0 Å². The van der Waals surface area contributed by atoms with Crippen molar-refractivity contribution in [2.75, 3.05) is 13.2 Å². The van der Waals surface area contributed by atoms with Crippen LogP contribution in [0.25, 0.3) is 11.0 Å². The molecule has 0 N–H and O–H groups in total. The van der Waals surface area contributed by atoms with Crippen molar-refractivity contribution in [1.82, 2.24) is 19.3 Å². The molecule has 0 saturated carbocycles. The SMILES string of the molecule is CCOC(=O)CC(c1ccc(C)c(CN2CC(C)Oc3ccc(Cl)cc3S2(=O)=O)c1)c1ccc2c(c1)nnn2C. The second kappa shape index (κ2) is 11.2. The summed E-state index contributed by atoms with van der Waals surface area (Å²) >= 11 is 6.16. The van der Waals surface area contributed by atoms with Crippen LogP contribution in [0.4, 0.5) is 0 Å². The molecule has 40 heavy (non-hydrogen) atoms. The number of benzene rings is 3. The number of sulfonamides is 1. The normalized spacial score (nSPS) is 17.6. The Morgan fingerprint density at radius 2 is 1.90 bits per heavy atom. The van der Waals surface area contributed by atoms with Crippen molar-refractivity contribution in [3.63, 3.8) is 0 Å². The number of aromatic nitrogens is 3. The van der Waals surface area contributed by atoms with Crippen LogP contribution < -0.4 is 4.74 Å². The molecule has 0 bridgehead atoms. The zero-order valence-electron chi connectivity index (χ0n) is 22.8. The van der Waals surface area contributed by atoms with Crippen molar-refractivity contribution in [1.29, 1.82) is 0 Å². The van der Waals surface area contributed by atoms with Gasteiger partial charge in [0.2, 0.25) is 10.0 Å². The van der Waals surface area contributed by atoms with Gasteiger partial charge in [-0.1, -0.05) is 41.1 Å². The standard InChI is InChI=1S/C29H31ClN4O5S/c1-5-38-29(35)15-24(21-8-10-26-25(13-21)31-32-33(26)4)20-7-6-18(2)22(12-20)17-34-16-19(3)39-27-11-9-23(30)14-28(27)40(34,36)37/h6-14,19,24H,5,15-17H2,1-4H3. The molecule has 2 heterocycles. The molecule has 0 spiro atoms. The van der Waals surface area contributed by atoms with Gasteiger partial charge in [-0.05, 0) is 73.4 Å². The first-order chi connectivity index (χ1) is 19.1. The van der Waals surface area contributed by atoms with Crippen LogP contribution in [0.1, 0.15) is 48.4 Å². The number of hydrogen-bond acceptors (Lipinski definition) is 7. The number of ether oxygens (including phenoxy) is 2. The largest absolute Gasteiger partial charge is 0.488 e. The van der Waals surface area contributed by atoms with Gasteiger partial charge in [-0.3, -0.25) is 4.79 Å². The van der Waals surface area contributed by atoms with Crippen molar-refractivity contribution in [2.24, 2.45) is 7.05 Å². The maximum absolute atomic E-state index is 13.7. The van der Waals surface area contributed by atoms with Crippen LogP contribution >= 0.6 is 11.6 Å². The smallest absolute Gasteiger partial charge is 0.306 e.